The van der Waals surface area contributed by atoms with Crippen LogP contribution in [0.1, 0.15) is 12.5 Å². The van der Waals surface area contributed by atoms with Crippen molar-refractivity contribution in [2.24, 2.45) is 0 Å². The molecule has 0 saturated carbocycles. The van der Waals surface area contributed by atoms with Gasteiger partial charge in [0.2, 0.25) is 5.95 Å². The lowest BCUT2D eigenvalue weighted by molar-refractivity contribution is 0.188. The van der Waals surface area contributed by atoms with E-state index < -0.39 is 0 Å². The number of benzene rings is 2. The Labute approximate surface area is 166 Å². The molecule has 2 aromatic carbocycles. The Morgan fingerprint density at radius 3 is 2.57 bits per heavy atom. The van der Waals surface area contributed by atoms with E-state index in [9.17, 15) is 0 Å². The van der Waals surface area contributed by atoms with Crippen LogP contribution in [0, 0.1) is 0 Å². The maximum atomic E-state index is 5.54. The molecule has 1 aromatic heterocycles. The molecular formula is C22H27N3O3. The van der Waals surface area contributed by atoms with Crippen LogP contribution in [0.15, 0.2) is 54.7 Å². The van der Waals surface area contributed by atoms with Crippen LogP contribution in [0.4, 0.5) is 5.95 Å². The predicted octanol–water partition coefficient (Wildman–Crippen LogP) is 4.22. The molecule has 6 heteroatoms. The third-order valence-corrected chi connectivity index (χ3v) is 4.42. The number of hydrogen-bond acceptors (Lipinski definition) is 5. The van der Waals surface area contributed by atoms with E-state index in [4.69, 9.17) is 14.2 Å². The van der Waals surface area contributed by atoms with Gasteiger partial charge >= 0.3 is 0 Å². The van der Waals surface area contributed by atoms with Gasteiger partial charge in [0.25, 0.3) is 0 Å². The monoisotopic (exact) mass is 381 g/mol. The highest BCUT2D eigenvalue weighted by atomic mass is 16.5. The highest BCUT2D eigenvalue weighted by molar-refractivity contribution is 5.62. The van der Waals surface area contributed by atoms with Gasteiger partial charge in [0.1, 0.15) is 11.5 Å². The zero-order valence-electron chi connectivity index (χ0n) is 16.6. The number of nitrogens with zero attached hydrogens (tertiary/aromatic N) is 2. The van der Waals surface area contributed by atoms with Crippen molar-refractivity contribution < 1.29 is 14.2 Å². The summed E-state index contributed by atoms with van der Waals surface area (Å²) in [5, 5.41) is 3.43. The smallest absolute Gasteiger partial charge is 0.203 e. The fourth-order valence-electron chi connectivity index (χ4n) is 3.01. The fraction of sp³-hybridized carbons (Fsp3) is 0.318. The van der Waals surface area contributed by atoms with E-state index in [1.807, 2.05) is 43.5 Å². The fourth-order valence-corrected chi connectivity index (χ4v) is 3.01. The van der Waals surface area contributed by atoms with Crippen LogP contribution >= 0.6 is 0 Å². The lowest BCUT2D eigenvalue weighted by Crippen LogP contribution is -2.11. The Morgan fingerprint density at radius 2 is 1.86 bits per heavy atom. The minimum absolute atomic E-state index is 0.605. The molecule has 148 valence electrons. The van der Waals surface area contributed by atoms with Crippen molar-refractivity contribution in [1.82, 2.24) is 9.55 Å². The van der Waals surface area contributed by atoms with E-state index in [0.717, 1.165) is 34.3 Å². The Morgan fingerprint density at radius 1 is 1.04 bits per heavy atom. The topological polar surface area (TPSA) is 57.5 Å². The predicted molar refractivity (Wildman–Crippen MR) is 111 cm³/mol. The molecule has 0 saturated heterocycles. The van der Waals surface area contributed by atoms with Gasteiger partial charge in [-0.3, -0.25) is 0 Å². The number of imidazole rings is 1. The molecule has 0 aliphatic heterocycles. The van der Waals surface area contributed by atoms with Crippen LogP contribution in [0.2, 0.25) is 0 Å². The van der Waals surface area contributed by atoms with Gasteiger partial charge in [0, 0.05) is 25.8 Å². The van der Waals surface area contributed by atoms with Gasteiger partial charge in [-0.1, -0.05) is 12.1 Å². The quantitative estimate of drug-likeness (QED) is 0.570. The summed E-state index contributed by atoms with van der Waals surface area (Å²) in [5.41, 5.74) is 3.25. The van der Waals surface area contributed by atoms with E-state index in [-0.39, 0.29) is 0 Å². The van der Waals surface area contributed by atoms with Crippen LogP contribution in [-0.4, -0.2) is 37.0 Å². The minimum Gasteiger partial charge on any atom is -0.497 e. The molecule has 3 aromatic rings. The third-order valence-electron chi connectivity index (χ3n) is 4.42. The first-order chi connectivity index (χ1) is 13.7. The van der Waals surface area contributed by atoms with Crippen molar-refractivity contribution in [2.45, 2.75) is 20.0 Å². The second kappa shape index (κ2) is 9.80. The molecular weight excluding hydrogens is 354 g/mol. The summed E-state index contributed by atoms with van der Waals surface area (Å²) in [7, 11) is 3.38. The lowest BCUT2D eigenvalue weighted by Gasteiger charge is -2.14. The van der Waals surface area contributed by atoms with Crippen molar-refractivity contribution in [1.29, 1.82) is 0 Å². The molecule has 3 rings (SSSR count). The van der Waals surface area contributed by atoms with E-state index in [1.165, 1.54) is 0 Å². The largest absolute Gasteiger partial charge is 0.497 e. The second-order valence-electron chi connectivity index (χ2n) is 6.27. The Kier molecular flexibility index (Phi) is 6.92. The first-order valence-electron chi connectivity index (χ1n) is 9.39. The molecule has 0 bridgehead atoms. The SMILES string of the molecule is CCOc1ccc(-c2cnc(NCc3cccc(OC)c3)n2CCOC)cc1. The number of ether oxygens (including phenoxy) is 3. The number of anilines is 1. The summed E-state index contributed by atoms with van der Waals surface area (Å²) in [6, 6.07) is 16.1. The van der Waals surface area contributed by atoms with Crippen LogP contribution in [0.3, 0.4) is 0 Å². The van der Waals surface area contributed by atoms with Crippen molar-refractivity contribution in [3.63, 3.8) is 0 Å². The Hall–Kier alpha value is -2.99. The standard InChI is InChI=1S/C22H27N3O3/c1-4-28-19-10-8-18(9-11-19)21-16-24-22(25(21)12-13-26-2)23-15-17-6-5-7-20(14-17)27-3/h5-11,14,16H,4,12-13,15H2,1-3H3,(H,23,24). The zero-order valence-corrected chi connectivity index (χ0v) is 16.6. The van der Waals surface area contributed by atoms with Gasteiger partial charge in [-0.15, -0.1) is 0 Å². The average molecular weight is 381 g/mol. The van der Waals surface area contributed by atoms with Crippen LogP contribution < -0.4 is 14.8 Å². The van der Waals surface area contributed by atoms with Gasteiger partial charge in [-0.25, -0.2) is 4.98 Å². The van der Waals surface area contributed by atoms with Gasteiger partial charge in [-0.05, 0) is 48.9 Å². The van der Waals surface area contributed by atoms with Crippen LogP contribution in [0.5, 0.6) is 11.5 Å². The average Bonchev–Trinajstić information content (AvgIpc) is 3.14. The van der Waals surface area contributed by atoms with Crippen LogP contribution in [0.25, 0.3) is 11.3 Å². The van der Waals surface area contributed by atoms with E-state index in [2.05, 4.69) is 33.1 Å². The summed E-state index contributed by atoms with van der Waals surface area (Å²) < 4.78 is 18.3. The van der Waals surface area contributed by atoms with Gasteiger partial charge in [0.05, 0.1) is 32.2 Å². The minimum atomic E-state index is 0.605. The van der Waals surface area contributed by atoms with Crippen molar-refractivity contribution in [2.75, 3.05) is 32.8 Å². The number of rotatable bonds is 10. The maximum absolute atomic E-state index is 5.54. The lowest BCUT2D eigenvalue weighted by atomic mass is 10.1. The zero-order chi connectivity index (χ0) is 19.8. The highest BCUT2D eigenvalue weighted by Crippen LogP contribution is 2.26. The second-order valence-corrected chi connectivity index (χ2v) is 6.27. The number of aromatic nitrogens is 2. The van der Waals surface area contributed by atoms with Crippen molar-refractivity contribution in [3.05, 3.63) is 60.3 Å². The van der Waals surface area contributed by atoms with Gasteiger partial charge in [-0.2, -0.15) is 0 Å². The van der Waals surface area contributed by atoms with E-state index in [1.54, 1.807) is 14.2 Å². The molecule has 0 atom stereocenters. The van der Waals surface area contributed by atoms with E-state index in [0.29, 0.717) is 26.3 Å². The Bertz CT molecular complexity index is 875. The van der Waals surface area contributed by atoms with E-state index >= 15 is 0 Å². The summed E-state index contributed by atoms with van der Waals surface area (Å²) in [4.78, 5) is 4.60. The van der Waals surface area contributed by atoms with Crippen molar-refractivity contribution in [3.8, 4) is 22.8 Å². The molecule has 0 aliphatic rings. The number of hydrogen-bond donors (Lipinski definition) is 1. The first-order valence-corrected chi connectivity index (χ1v) is 9.39. The summed E-state index contributed by atoms with van der Waals surface area (Å²) in [5.74, 6) is 2.52. The molecule has 28 heavy (non-hydrogen) atoms. The van der Waals surface area contributed by atoms with Crippen LogP contribution in [-0.2, 0) is 17.8 Å². The highest BCUT2D eigenvalue weighted by Gasteiger charge is 2.12. The molecule has 0 aliphatic carbocycles. The first kappa shape index (κ1) is 19.8. The number of nitrogens with one attached hydrogen (secondary N) is 1. The van der Waals surface area contributed by atoms with Crippen molar-refractivity contribution >= 4 is 5.95 Å². The summed E-state index contributed by atoms with van der Waals surface area (Å²) >= 11 is 0. The third kappa shape index (κ3) is 4.84. The molecule has 0 fully saturated rings. The number of methoxy groups -OCH3 is 2. The maximum Gasteiger partial charge on any atom is 0.203 e. The molecule has 6 nitrogen and oxygen atoms in total. The van der Waals surface area contributed by atoms with Gasteiger partial charge < -0.3 is 24.1 Å². The van der Waals surface area contributed by atoms with Gasteiger partial charge in [0.15, 0.2) is 0 Å². The Balaban J connectivity index is 1.80. The molecule has 0 radical (unpaired) electrons. The molecule has 0 spiro atoms. The summed E-state index contributed by atoms with van der Waals surface area (Å²) in [6.45, 7) is 4.61. The molecule has 0 amide bonds. The normalized spacial score (nSPS) is 10.7. The molecule has 0 unspecified atom stereocenters. The molecule has 1 N–H and O–H groups in total. The molecule has 1 heterocycles. The summed E-state index contributed by atoms with van der Waals surface area (Å²) in [6.07, 6.45) is 1.89.